The van der Waals surface area contributed by atoms with E-state index in [2.05, 4.69) is 32.6 Å². The molecule has 0 unspecified atom stereocenters. The highest BCUT2D eigenvalue weighted by atomic mass is 16.5. The first kappa shape index (κ1) is 9.01. The molecule has 1 rings (SSSR count). The zero-order chi connectivity index (χ0) is 8.43. The first-order chi connectivity index (χ1) is 5.11. The molecule has 0 N–H and O–H groups in total. The van der Waals surface area contributed by atoms with Crippen molar-refractivity contribution in [3.8, 4) is 0 Å². The lowest BCUT2D eigenvalue weighted by atomic mass is 10.1. The number of hydrogen-bond acceptors (Lipinski definition) is 2. The standard InChI is InChI=1S/C9H19NO/c1-7(2)10-5-9(4)11-6-8(10)3/h7-9H,5-6H2,1-4H3/t8-,9-/m0/s1. The summed E-state index contributed by atoms with van der Waals surface area (Å²) in [4.78, 5) is 2.49. The van der Waals surface area contributed by atoms with E-state index in [1.807, 2.05) is 0 Å². The monoisotopic (exact) mass is 157 g/mol. The zero-order valence-electron chi connectivity index (χ0n) is 8.00. The molecule has 2 heteroatoms. The average molecular weight is 157 g/mol. The smallest absolute Gasteiger partial charge is 0.0674 e. The van der Waals surface area contributed by atoms with E-state index in [1.165, 1.54) is 0 Å². The van der Waals surface area contributed by atoms with Crippen LogP contribution in [0.25, 0.3) is 0 Å². The largest absolute Gasteiger partial charge is 0.376 e. The van der Waals surface area contributed by atoms with Gasteiger partial charge in [0, 0.05) is 18.6 Å². The molecule has 0 aliphatic carbocycles. The van der Waals surface area contributed by atoms with Crippen molar-refractivity contribution in [1.29, 1.82) is 0 Å². The van der Waals surface area contributed by atoms with E-state index in [-0.39, 0.29) is 0 Å². The predicted octanol–water partition coefficient (Wildman–Crippen LogP) is 1.50. The Balaban J connectivity index is 2.47. The van der Waals surface area contributed by atoms with E-state index in [1.54, 1.807) is 0 Å². The average Bonchev–Trinajstić information content (AvgIpc) is 1.94. The van der Waals surface area contributed by atoms with Gasteiger partial charge in [0.1, 0.15) is 0 Å². The van der Waals surface area contributed by atoms with Crippen molar-refractivity contribution in [2.45, 2.75) is 45.9 Å². The molecule has 1 saturated heterocycles. The van der Waals surface area contributed by atoms with Crippen LogP contribution < -0.4 is 0 Å². The first-order valence-corrected chi connectivity index (χ1v) is 4.48. The van der Waals surface area contributed by atoms with E-state index >= 15 is 0 Å². The summed E-state index contributed by atoms with van der Waals surface area (Å²) >= 11 is 0. The van der Waals surface area contributed by atoms with Gasteiger partial charge in [0.25, 0.3) is 0 Å². The van der Waals surface area contributed by atoms with Crippen molar-refractivity contribution in [3.63, 3.8) is 0 Å². The normalized spacial score (nSPS) is 34.6. The first-order valence-electron chi connectivity index (χ1n) is 4.48. The summed E-state index contributed by atoms with van der Waals surface area (Å²) in [6.07, 6.45) is 0.411. The van der Waals surface area contributed by atoms with Gasteiger partial charge < -0.3 is 4.74 Å². The fourth-order valence-corrected chi connectivity index (χ4v) is 1.65. The predicted molar refractivity (Wildman–Crippen MR) is 46.7 cm³/mol. The van der Waals surface area contributed by atoms with Crippen LogP contribution in [0.2, 0.25) is 0 Å². The summed E-state index contributed by atoms with van der Waals surface area (Å²) in [5, 5.41) is 0. The van der Waals surface area contributed by atoms with Crippen LogP contribution in [0.4, 0.5) is 0 Å². The van der Waals surface area contributed by atoms with Crippen molar-refractivity contribution in [2.24, 2.45) is 0 Å². The van der Waals surface area contributed by atoms with Gasteiger partial charge >= 0.3 is 0 Å². The van der Waals surface area contributed by atoms with Gasteiger partial charge in [-0.05, 0) is 27.7 Å². The van der Waals surface area contributed by atoms with Gasteiger partial charge in [0.15, 0.2) is 0 Å². The lowest BCUT2D eigenvalue weighted by Crippen LogP contribution is -2.50. The van der Waals surface area contributed by atoms with Crippen LogP contribution in [-0.2, 0) is 4.74 Å². The topological polar surface area (TPSA) is 12.5 Å². The second kappa shape index (κ2) is 3.55. The molecule has 0 aromatic carbocycles. The highest BCUT2D eigenvalue weighted by molar-refractivity contribution is 4.77. The van der Waals surface area contributed by atoms with E-state index in [0.29, 0.717) is 18.2 Å². The molecule has 0 aromatic heterocycles. The molecule has 0 radical (unpaired) electrons. The van der Waals surface area contributed by atoms with E-state index < -0.39 is 0 Å². The van der Waals surface area contributed by atoms with Crippen LogP contribution in [0.1, 0.15) is 27.7 Å². The third kappa shape index (κ3) is 2.17. The van der Waals surface area contributed by atoms with Gasteiger partial charge in [-0.3, -0.25) is 4.90 Å². The van der Waals surface area contributed by atoms with Gasteiger partial charge in [-0.15, -0.1) is 0 Å². The maximum absolute atomic E-state index is 5.53. The Bertz CT molecular complexity index is 125. The molecule has 1 aliphatic heterocycles. The maximum atomic E-state index is 5.53. The fourth-order valence-electron chi connectivity index (χ4n) is 1.65. The van der Waals surface area contributed by atoms with Gasteiger partial charge in [-0.2, -0.15) is 0 Å². The Labute approximate surface area is 69.5 Å². The van der Waals surface area contributed by atoms with Crippen molar-refractivity contribution < 1.29 is 4.74 Å². The summed E-state index contributed by atoms with van der Waals surface area (Å²) in [7, 11) is 0. The number of hydrogen-bond donors (Lipinski definition) is 0. The second-order valence-electron chi connectivity index (χ2n) is 3.78. The molecule has 0 bridgehead atoms. The zero-order valence-corrected chi connectivity index (χ0v) is 8.00. The van der Waals surface area contributed by atoms with Gasteiger partial charge in [0.05, 0.1) is 12.7 Å². The van der Waals surface area contributed by atoms with Gasteiger partial charge in [-0.1, -0.05) is 0 Å². The molecule has 0 amide bonds. The number of rotatable bonds is 1. The highest BCUT2D eigenvalue weighted by Crippen LogP contribution is 2.13. The van der Waals surface area contributed by atoms with E-state index in [9.17, 15) is 0 Å². The van der Waals surface area contributed by atoms with Crippen molar-refractivity contribution >= 4 is 0 Å². The molecule has 1 fully saturated rings. The minimum absolute atomic E-state index is 0.411. The number of ether oxygens (including phenoxy) is 1. The Morgan fingerprint density at radius 3 is 2.45 bits per heavy atom. The molecule has 2 nitrogen and oxygen atoms in total. The summed E-state index contributed by atoms with van der Waals surface area (Å²) < 4.78 is 5.53. The summed E-state index contributed by atoms with van der Waals surface area (Å²) in [6.45, 7) is 10.8. The third-order valence-electron chi connectivity index (χ3n) is 2.32. The van der Waals surface area contributed by atoms with Gasteiger partial charge in [-0.25, -0.2) is 0 Å². The quantitative estimate of drug-likeness (QED) is 0.572. The lowest BCUT2D eigenvalue weighted by Gasteiger charge is -2.39. The van der Waals surface area contributed by atoms with Crippen molar-refractivity contribution in [3.05, 3.63) is 0 Å². The van der Waals surface area contributed by atoms with Crippen LogP contribution in [-0.4, -0.2) is 36.2 Å². The van der Waals surface area contributed by atoms with Gasteiger partial charge in [0.2, 0.25) is 0 Å². The molecule has 1 aliphatic rings. The Hall–Kier alpha value is -0.0800. The molecule has 11 heavy (non-hydrogen) atoms. The Morgan fingerprint density at radius 1 is 1.36 bits per heavy atom. The summed E-state index contributed by atoms with van der Waals surface area (Å²) in [5.41, 5.74) is 0. The molecule has 0 spiro atoms. The van der Waals surface area contributed by atoms with Crippen molar-refractivity contribution in [1.82, 2.24) is 4.90 Å². The highest BCUT2D eigenvalue weighted by Gasteiger charge is 2.24. The molecule has 0 aromatic rings. The molecule has 0 saturated carbocycles. The van der Waals surface area contributed by atoms with Crippen LogP contribution in [0.5, 0.6) is 0 Å². The molecule has 2 atom stereocenters. The van der Waals surface area contributed by atoms with E-state index in [0.717, 1.165) is 13.2 Å². The molecular weight excluding hydrogens is 138 g/mol. The Kier molecular flexibility index (Phi) is 2.90. The van der Waals surface area contributed by atoms with Crippen LogP contribution in [0.3, 0.4) is 0 Å². The summed E-state index contributed by atoms with van der Waals surface area (Å²) in [5.74, 6) is 0. The number of morpholine rings is 1. The maximum Gasteiger partial charge on any atom is 0.0674 e. The van der Waals surface area contributed by atoms with Crippen LogP contribution >= 0.6 is 0 Å². The Morgan fingerprint density at radius 2 is 2.00 bits per heavy atom. The minimum Gasteiger partial charge on any atom is -0.376 e. The van der Waals surface area contributed by atoms with E-state index in [4.69, 9.17) is 4.74 Å². The minimum atomic E-state index is 0.411. The second-order valence-corrected chi connectivity index (χ2v) is 3.78. The molecular formula is C9H19NO. The summed E-state index contributed by atoms with van der Waals surface area (Å²) in [6, 6.07) is 1.24. The molecule has 66 valence electrons. The van der Waals surface area contributed by atoms with Crippen molar-refractivity contribution in [2.75, 3.05) is 13.2 Å². The lowest BCUT2D eigenvalue weighted by molar-refractivity contribution is -0.0607. The third-order valence-corrected chi connectivity index (χ3v) is 2.32. The number of nitrogens with zero attached hydrogens (tertiary/aromatic N) is 1. The fraction of sp³-hybridized carbons (Fsp3) is 1.00. The molecule has 1 heterocycles. The van der Waals surface area contributed by atoms with Crippen LogP contribution in [0.15, 0.2) is 0 Å². The van der Waals surface area contributed by atoms with Crippen LogP contribution in [0, 0.1) is 0 Å². The SMILES string of the molecule is CC(C)N1C[C@H](C)OC[C@@H]1C.